The van der Waals surface area contributed by atoms with E-state index in [0.29, 0.717) is 11.6 Å². The Morgan fingerprint density at radius 1 is 1.09 bits per heavy atom. The number of nitrogens with one attached hydrogen (secondary N) is 1. The highest BCUT2D eigenvalue weighted by atomic mass is 35.5. The first-order valence-electron chi connectivity index (χ1n) is 11.9. The van der Waals surface area contributed by atoms with Crippen LogP contribution in [0.2, 0.25) is 5.02 Å². The smallest absolute Gasteiger partial charge is 0.225 e. The maximum atomic E-state index is 13.2. The fourth-order valence-electron chi connectivity index (χ4n) is 5.33. The average molecular weight is 472 g/mol. The van der Waals surface area contributed by atoms with Gasteiger partial charge in [-0.05, 0) is 48.9 Å². The zero-order chi connectivity index (χ0) is 23.1. The first-order chi connectivity index (χ1) is 16.7. The van der Waals surface area contributed by atoms with Crippen molar-refractivity contribution in [2.75, 3.05) is 18.0 Å². The molecule has 4 aromatic rings. The van der Waals surface area contributed by atoms with Crippen molar-refractivity contribution in [1.82, 2.24) is 19.9 Å². The largest absolute Gasteiger partial charge is 0.354 e. The van der Waals surface area contributed by atoms with Crippen LogP contribution in [-0.4, -0.2) is 33.6 Å². The predicted octanol–water partition coefficient (Wildman–Crippen LogP) is 5.07. The third-order valence-electron chi connectivity index (χ3n) is 7.06. The molecule has 1 amide bonds. The lowest BCUT2D eigenvalue weighted by Crippen LogP contribution is -2.44. The van der Waals surface area contributed by atoms with Gasteiger partial charge in [0.2, 0.25) is 5.91 Å². The van der Waals surface area contributed by atoms with E-state index in [1.807, 2.05) is 41.0 Å². The molecule has 7 heteroatoms. The molecule has 2 aromatic carbocycles. The van der Waals surface area contributed by atoms with Gasteiger partial charge in [-0.2, -0.15) is 5.10 Å². The molecule has 0 radical (unpaired) electrons. The number of halogens is 1. The van der Waals surface area contributed by atoms with Crippen molar-refractivity contribution in [3.63, 3.8) is 0 Å². The Bertz CT molecular complexity index is 1370. The highest BCUT2D eigenvalue weighted by Crippen LogP contribution is 2.33. The fourth-order valence-corrected chi connectivity index (χ4v) is 5.57. The minimum Gasteiger partial charge on any atom is -0.354 e. The van der Waals surface area contributed by atoms with Gasteiger partial charge in [0.25, 0.3) is 0 Å². The molecule has 2 aliphatic rings. The van der Waals surface area contributed by atoms with Crippen molar-refractivity contribution in [3.8, 4) is 11.3 Å². The lowest BCUT2D eigenvalue weighted by atomic mass is 9.96. The first kappa shape index (κ1) is 21.2. The lowest BCUT2D eigenvalue weighted by Gasteiger charge is -2.33. The molecular formula is C27H26ClN5O. The molecule has 1 aliphatic carbocycles. The van der Waals surface area contributed by atoms with Crippen LogP contribution in [0.4, 0.5) is 5.82 Å². The standard InChI is InChI=1S/C27H26ClN5O/c28-22-10-4-3-9-21(22)24-16-25-26(29-13-15-33(25)31-24)32-14-5-7-19(17-32)27(34)30-23-12-11-18-6-1-2-8-20(18)23/h1-4,6,8-10,13,15-16,19,23H,5,7,11-12,14,17H2,(H,30,34)/t19-,23-/m0/s1. The number of aromatic nitrogens is 3. The van der Waals surface area contributed by atoms with Crippen molar-refractivity contribution < 1.29 is 4.79 Å². The molecule has 172 valence electrons. The van der Waals surface area contributed by atoms with Crippen LogP contribution in [0.15, 0.2) is 67.0 Å². The van der Waals surface area contributed by atoms with E-state index < -0.39 is 0 Å². The molecule has 6 rings (SSSR count). The Balaban J connectivity index is 1.23. The van der Waals surface area contributed by atoms with E-state index in [9.17, 15) is 4.79 Å². The topological polar surface area (TPSA) is 62.5 Å². The van der Waals surface area contributed by atoms with Crippen LogP contribution in [0.3, 0.4) is 0 Å². The number of fused-ring (bicyclic) bond motifs is 2. The minimum atomic E-state index is -0.0606. The zero-order valence-corrected chi connectivity index (χ0v) is 19.6. The van der Waals surface area contributed by atoms with E-state index in [2.05, 4.69) is 39.5 Å². The number of carbonyl (C=O) groups excluding carboxylic acids is 1. The minimum absolute atomic E-state index is 0.0606. The van der Waals surface area contributed by atoms with Gasteiger partial charge >= 0.3 is 0 Å². The number of hydrogen-bond donors (Lipinski definition) is 1. The van der Waals surface area contributed by atoms with Crippen molar-refractivity contribution in [2.24, 2.45) is 5.92 Å². The monoisotopic (exact) mass is 471 g/mol. The van der Waals surface area contributed by atoms with Crippen LogP contribution in [0.25, 0.3) is 16.8 Å². The Morgan fingerprint density at radius 2 is 1.94 bits per heavy atom. The SMILES string of the molecule is O=C(N[C@H]1CCc2ccccc21)[C@H]1CCCN(c2nccn3nc(-c4ccccc4Cl)cc23)C1. The summed E-state index contributed by atoms with van der Waals surface area (Å²) in [5.74, 6) is 0.940. The summed E-state index contributed by atoms with van der Waals surface area (Å²) >= 11 is 6.41. The average Bonchev–Trinajstić information content (AvgIpc) is 3.49. The Kier molecular flexibility index (Phi) is 5.46. The zero-order valence-electron chi connectivity index (χ0n) is 18.8. The summed E-state index contributed by atoms with van der Waals surface area (Å²) in [6.45, 7) is 1.52. The number of benzene rings is 2. The van der Waals surface area contributed by atoms with Crippen LogP contribution in [0.1, 0.15) is 36.4 Å². The van der Waals surface area contributed by atoms with Gasteiger partial charge in [-0.25, -0.2) is 9.50 Å². The molecule has 3 heterocycles. The highest BCUT2D eigenvalue weighted by Gasteiger charge is 2.31. The second-order valence-corrected chi connectivity index (χ2v) is 9.58. The van der Waals surface area contributed by atoms with Crippen molar-refractivity contribution in [3.05, 3.63) is 83.1 Å². The number of nitrogens with zero attached hydrogens (tertiary/aromatic N) is 4. The van der Waals surface area contributed by atoms with E-state index in [4.69, 9.17) is 16.7 Å². The molecule has 0 spiro atoms. The summed E-state index contributed by atoms with van der Waals surface area (Å²) in [5.41, 5.74) is 5.24. The van der Waals surface area contributed by atoms with Gasteiger partial charge in [0, 0.05) is 31.0 Å². The van der Waals surface area contributed by atoms with Crippen LogP contribution < -0.4 is 10.2 Å². The number of amides is 1. The summed E-state index contributed by atoms with van der Waals surface area (Å²) in [6.07, 6.45) is 7.47. The molecular weight excluding hydrogens is 446 g/mol. The molecule has 1 N–H and O–H groups in total. The molecule has 0 bridgehead atoms. The summed E-state index contributed by atoms with van der Waals surface area (Å²) in [7, 11) is 0. The molecule has 1 fully saturated rings. The van der Waals surface area contributed by atoms with Crippen LogP contribution in [0.5, 0.6) is 0 Å². The van der Waals surface area contributed by atoms with Gasteiger partial charge in [0.05, 0.1) is 22.7 Å². The van der Waals surface area contributed by atoms with Crippen molar-refractivity contribution in [1.29, 1.82) is 0 Å². The van der Waals surface area contributed by atoms with E-state index in [-0.39, 0.29) is 17.9 Å². The van der Waals surface area contributed by atoms with Crippen LogP contribution in [0, 0.1) is 5.92 Å². The molecule has 1 saturated heterocycles. The fraction of sp³-hybridized carbons (Fsp3) is 0.296. The summed E-state index contributed by atoms with van der Waals surface area (Å²) in [5, 5.41) is 8.73. The number of hydrogen-bond acceptors (Lipinski definition) is 4. The van der Waals surface area contributed by atoms with Gasteiger partial charge in [-0.3, -0.25) is 4.79 Å². The van der Waals surface area contributed by atoms with Crippen LogP contribution in [-0.2, 0) is 11.2 Å². The molecule has 2 aromatic heterocycles. The molecule has 2 atom stereocenters. The van der Waals surface area contributed by atoms with E-state index in [0.717, 1.165) is 54.8 Å². The summed E-state index contributed by atoms with van der Waals surface area (Å²) in [6, 6.07) is 18.3. The van der Waals surface area contributed by atoms with Gasteiger partial charge in [-0.1, -0.05) is 54.1 Å². The lowest BCUT2D eigenvalue weighted by molar-refractivity contribution is -0.126. The third-order valence-corrected chi connectivity index (χ3v) is 7.39. The number of piperidine rings is 1. The summed E-state index contributed by atoms with van der Waals surface area (Å²) in [4.78, 5) is 20.2. The van der Waals surface area contributed by atoms with Crippen LogP contribution >= 0.6 is 11.6 Å². The quantitative estimate of drug-likeness (QED) is 0.451. The number of carbonyl (C=O) groups is 1. The Hall–Kier alpha value is -3.38. The molecule has 0 saturated carbocycles. The molecule has 6 nitrogen and oxygen atoms in total. The van der Waals surface area contributed by atoms with E-state index >= 15 is 0 Å². The van der Waals surface area contributed by atoms with E-state index in [1.165, 1.54) is 11.1 Å². The molecule has 1 aliphatic heterocycles. The second kappa shape index (κ2) is 8.76. The van der Waals surface area contributed by atoms with Gasteiger partial charge in [-0.15, -0.1) is 0 Å². The molecule has 34 heavy (non-hydrogen) atoms. The highest BCUT2D eigenvalue weighted by molar-refractivity contribution is 6.33. The predicted molar refractivity (Wildman–Crippen MR) is 134 cm³/mol. The maximum absolute atomic E-state index is 13.2. The Labute approximate surface area is 203 Å². The first-order valence-corrected chi connectivity index (χ1v) is 12.3. The Morgan fingerprint density at radius 3 is 2.85 bits per heavy atom. The van der Waals surface area contributed by atoms with Gasteiger partial charge in [0.15, 0.2) is 5.82 Å². The van der Waals surface area contributed by atoms with E-state index in [1.54, 1.807) is 6.20 Å². The number of aryl methyl sites for hydroxylation is 1. The maximum Gasteiger partial charge on any atom is 0.225 e. The normalized spacial score (nSPS) is 19.9. The van der Waals surface area contributed by atoms with Crippen molar-refractivity contribution >= 4 is 28.8 Å². The van der Waals surface area contributed by atoms with Gasteiger partial charge in [0.1, 0.15) is 5.52 Å². The molecule has 0 unspecified atom stereocenters. The van der Waals surface area contributed by atoms with Crippen molar-refractivity contribution in [2.45, 2.75) is 31.7 Å². The number of anilines is 1. The number of rotatable bonds is 4. The van der Waals surface area contributed by atoms with Gasteiger partial charge < -0.3 is 10.2 Å². The third kappa shape index (κ3) is 3.82. The second-order valence-electron chi connectivity index (χ2n) is 9.17. The summed E-state index contributed by atoms with van der Waals surface area (Å²) < 4.78 is 1.85.